The van der Waals surface area contributed by atoms with E-state index in [-0.39, 0.29) is 0 Å². The maximum absolute atomic E-state index is 11.9. The van der Waals surface area contributed by atoms with Gasteiger partial charge in [-0.2, -0.15) is 0 Å². The number of fused-ring (bicyclic) bond motifs is 1. The van der Waals surface area contributed by atoms with Gasteiger partial charge in [-0.3, -0.25) is 0 Å². The first-order chi connectivity index (χ1) is 18.4. The normalized spacial score (nSPS) is 14.5. The second-order valence-electron chi connectivity index (χ2n) is 9.05. The average molecular weight is 535 g/mol. The SMILES string of the molecule is CCOC(=O)c1cnc(N(C)Cc2cc3nc(-c4cccc(C(C)O)c4)nc(N4CCOCC4)c3s2)nc1. The van der Waals surface area contributed by atoms with Gasteiger partial charge in [-0.05, 0) is 31.5 Å². The van der Waals surface area contributed by atoms with Crippen LogP contribution in [0.4, 0.5) is 11.8 Å². The van der Waals surface area contributed by atoms with Gasteiger partial charge in [-0.1, -0.05) is 18.2 Å². The number of nitrogens with zero attached hydrogens (tertiary/aromatic N) is 6. The van der Waals surface area contributed by atoms with E-state index in [1.54, 1.807) is 25.2 Å². The number of morpholine rings is 1. The van der Waals surface area contributed by atoms with Gasteiger partial charge >= 0.3 is 5.97 Å². The lowest BCUT2D eigenvalue weighted by molar-refractivity contribution is 0.0525. The fourth-order valence-corrected chi connectivity index (χ4v) is 5.41. The molecule has 0 amide bonds. The van der Waals surface area contributed by atoms with Crippen molar-refractivity contribution in [2.45, 2.75) is 26.5 Å². The maximum Gasteiger partial charge on any atom is 0.341 e. The van der Waals surface area contributed by atoms with Crippen LogP contribution in [0.15, 0.2) is 42.7 Å². The van der Waals surface area contributed by atoms with Crippen molar-refractivity contribution in [2.24, 2.45) is 0 Å². The Morgan fingerprint density at radius 3 is 2.68 bits per heavy atom. The summed E-state index contributed by atoms with van der Waals surface area (Å²) in [4.78, 5) is 35.8. The van der Waals surface area contributed by atoms with Crippen LogP contribution in [0.2, 0.25) is 0 Å². The molecule has 0 bridgehead atoms. The summed E-state index contributed by atoms with van der Waals surface area (Å²) in [7, 11) is 1.91. The minimum absolute atomic E-state index is 0.301. The molecule has 1 fully saturated rings. The Kier molecular flexibility index (Phi) is 7.77. The van der Waals surface area contributed by atoms with Crippen molar-refractivity contribution in [2.75, 3.05) is 49.8 Å². The number of anilines is 2. The van der Waals surface area contributed by atoms with E-state index < -0.39 is 12.1 Å². The summed E-state index contributed by atoms with van der Waals surface area (Å²) < 4.78 is 11.6. The van der Waals surface area contributed by atoms with Gasteiger partial charge in [0.15, 0.2) is 11.6 Å². The summed E-state index contributed by atoms with van der Waals surface area (Å²) in [5, 5.41) is 10.1. The van der Waals surface area contributed by atoms with E-state index in [4.69, 9.17) is 19.4 Å². The third kappa shape index (κ3) is 5.59. The smallest absolute Gasteiger partial charge is 0.341 e. The van der Waals surface area contributed by atoms with Crippen LogP contribution in [-0.4, -0.2) is 71.0 Å². The number of esters is 1. The highest BCUT2D eigenvalue weighted by atomic mass is 32.1. The van der Waals surface area contributed by atoms with E-state index >= 15 is 0 Å². The molecule has 5 rings (SSSR count). The van der Waals surface area contributed by atoms with Crippen LogP contribution in [-0.2, 0) is 16.0 Å². The van der Waals surface area contributed by atoms with Gasteiger partial charge in [-0.25, -0.2) is 24.7 Å². The molecule has 1 atom stereocenters. The fourth-order valence-electron chi connectivity index (χ4n) is 4.24. The Labute approximate surface area is 224 Å². The second kappa shape index (κ2) is 11.4. The highest BCUT2D eigenvalue weighted by molar-refractivity contribution is 7.19. The molecule has 38 heavy (non-hydrogen) atoms. The zero-order valence-corrected chi connectivity index (χ0v) is 22.4. The van der Waals surface area contributed by atoms with Crippen molar-refractivity contribution >= 4 is 39.3 Å². The molecular weight excluding hydrogens is 504 g/mol. The summed E-state index contributed by atoms with van der Waals surface area (Å²) in [6.45, 7) is 7.19. The Hall–Kier alpha value is -3.67. The highest BCUT2D eigenvalue weighted by Crippen LogP contribution is 2.35. The number of aromatic nitrogens is 4. The molecular formula is C27H30N6O4S. The first kappa shape index (κ1) is 26.0. The van der Waals surface area contributed by atoms with Gasteiger partial charge in [0.1, 0.15) is 0 Å². The second-order valence-corrected chi connectivity index (χ2v) is 10.2. The molecule has 198 valence electrons. The molecule has 4 heterocycles. The molecule has 1 aliphatic rings. The van der Waals surface area contributed by atoms with Crippen LogP contribution in [0.3, 0.4) is 0 Å². The van der Waals surface area contributed by atoms with Crippen LogP contribution in [0, 0.1) is 0 Å². The summed E-state index contributed by atoms with van der Waals surface area (Å²) in [6.07, 6.45) is 2.39. The predicted molar refractivity (Wildman–Crippen MR) is 147 cm³/mol. The molecule has 11 heteroatoms. The van der Waals surface area contributed by atoms with Gasteiger partial charge < -0.3 is 24.4 Å². The Balaban J connectivity index is 1.47. The highest BCUT2D eigenvalue weighted by Gasteiger charge is 2.21. The van der Waals surface area contributed by atoms with Crippen LogP contribution in [0.5, 0.6) is 0 Å². The minimum Gasteiger partial charge on any atom is -0.462 e. The lowest BCUT2D eigenvalue weighted by Gasteiger charge is -2.28. The zero-order valence-electron chi connectivity index (χ0n) is 21.6. The predicted octanol–water partition coefficient (Wildman–Crippen LogP) is 3.85. The summed E-state index contributed by atoms with van der Waals surface area (Å²) in [5.41, 5.74) is 2.87. The number of carbonyl (C=O) groups is 1. The molecule has 0 saturated carbocycles. The standard InChI is InChI=1S/C27H30N6O4S/c1-4-37-26(35)20-14-28-27(29-15-20)32(3)16-21-13-22-23(38-21)25(33-8-10-36-11-9-33)31-24(30-22)19-7-5-6-18(12-19)17(2)34/h5-7,12-15,17,34H,4,8-11,16H2,1-3H3. The molecule has 0 radical (unpaired) electrons. The van der Waals surface area contributed by atoms with Gasteiger partial charge in [0, 0.05) is 43.0 Å². The number of carbonyl (C=O) groups excluding carboxylic acids is 1. The third-order valence-electron chi connectivity index (χ3n) is 6.23. The van der Waals surface area contributed by atoms with Gasteiger partial charge in [-0.15, -0.1) is 11.3 Å². The van der Waals surface area contributed by atoms with E-state index in [0.717, 1.165) is 45.1 Å². The van der Waals surface area contributed by atoms with Crippen molar-refractivity contribution in [3.8, 4) is 11.4 Å². The van der Waals surface area contributed by atoms with E-state index in [9.17, 15) is 9.90 Å². The molecule has 1 aromatic carbocycles. The third-order valence-corrected chi connectivity index (χ3v) is 7.33. The van der Waals surface area contributed by atoms with E-state index in [1.165, 1.54) is 12.4 Å². The number of aliphatic hydroxyl groups is 1. The summed E-state index contributed by atoms with van der Waals surface area (Å²) in [5.74, 6) is 1.59. The summed E-state index contributed by atoms with van der Waals surface area (Å²) in [6, 6.07) is 9.80. The molecule has 3 aromatic heterocycles. The maximum atomic E-state index is 11.9. The first-order valence-corrected chi connectivity index (χ1v) is 13.4. The Bertz CT molecular complexity index is 1420. The van der Waals surface area contributed by atoms with Gasteiger partial charge in [0.05, 0.1) is 48.2 Å². The van der Waals surface area contributed by atoms with Crippen LogP contribution >= 0.6 is 11.3 Å². The molecule has 0 aliphatic carbocycles. The van der Waals surface area contributed by atoms with Crippen molar-refractivity contribution < 1.29 is 19.4 Å². The Morgan fingerprint density at radius 2 is 1.97 bits per heavy atom. The molecule has 0 spiro atoms. The largest absolute Gasteiger partial charge is 0.462 e. The molecule has 4 aromatic rings. The number of thiophene rings is 1. The fraction of sp³-hybridized carbons (Fsp3) is 0.370. The van der Waals surface area contributed by atoms with Crippen molar-refractivity contribution in [3.05, 3.63) is 58.7 Å². The average Bonchev–Trinajstić information content (AvgIpc) is 3.35. The first-order valence-electron chi connectivity index (χ1n) is 12.5. The lowest BCUT2D eigenvalue weighted by atomic mass is 10.1. The van der Waals surface area contributed by atoms with Crippen molar-refractivity contribution in [3.63, 3.8) is 0 Å². The molecule has 1 saturated heterocycles. The number of rotatable bonds is 8. The molecule has 1 N–H and O–H groups in total. The van der Waals surface area contributed by atoms with E-state index in [1.807, 2.05) is 36.2 Å². The van der Waals surface area contributed by atoms with Crippen molar-refractivity contribution in [1.29, 1.82) is 0 Å². The zero-order chi connectivity index (χ0) is 26.6. The number of ether oxygens (including phenoxy) is 2. The number of hydrogen-bond acceptors (Lipinski definition) is 11. The number of benzene rings is 1. The quantitative estimate of drug-likeness (QED) is 0.334. The number of aliphatic hydroxyl groups excluding tert-OH is 1. The van der Waals surface area contributed by atoms with Crippen LogP contribution in [0.1, 0.15) is 40.8 Å². The van der Waals surface area contributed by atoms with E-state index in [0.29, 0.717) is 43.7 Å². The van der Waals surface area contributed by atoms with Crippen LogP contribution < -0.4 is 9.80 Å². The Morgan fingerprint density at radius 1 is 1.21 bits per heavy atom. The summed E-state index contributed by atoms with van der Waals surface area (Å²) >= 11 is 1.65. The molecule has 10 nitrogen and oxygen atoms in total. The molecule has 1 aliphatic heterocycles. The van der Waals surface area contributed by atoms with Crippen molar-refractivity contribution in [1.82, 2.24) is 19.9 Å². The molecule has 1 unspecified atom stereocenters. The van der Waals surface area contributed by atoms with E-state index in [2.05, 4.69) is 20.9 Å². The van der Waals surface area contributed by atoms with Crippen LogP contribution in [0.25, 0.3) is 21.6 Å². The van der Waals surface area contributed by atoms with Gasteiger partial charge in [0.2, 0.25) is 5.95 Å². The minimum atomic E-state index is -0.575. The number of hydrogen-bond donors (Lipinski definition) is 1. The monoisotopic (exact) mass is 534 g/mol. The topological polar surface area (TPSA) is 114 Å². The lowest BCUT2D eigenvalue weighted by Crippen LogP contribution is -2.36. The van der Waals surface area contributed by atoms with Gasteiger partial charge in [0.25, 0.3) is 0 Å².